The molecule has 2 aromatic rings. The Morgan fingerprint density at radius 3 is 2.24 bits per heavy atom. The Hall–Kier alpha value is -2.25. The standard InChI is InChI=1S/C18H18BrNO4S/c1-9(12-6-13(19)18(24)16(23)7-12)3-17(25)20-8-11-4-14(21)10(2)15(22)5-11/h3-7,21-24H,8H2,1-2H3,(H,20,25)/b9-3+. The summed E-state index contributed by atoms with van der Waals surface area (Å²) in [6.07, 6.45) is 1.72. The van der Waals surface area contributed by atoms with Gasteiger partial charge in [-0.15, -0.1) is 0 Å². The van der Waals surface area contributed by atoms with Crippen molar-refractivity contribution in [2.24, 2.45) is 0 Å². The van der Waals surface area contributed by atoms with Crippen LogP contribution in [0.25, 0.3) is 5.57 Å². The molecule has 0 aliphatic heterocycles. The SMILES string of the molecule is C/C(=C\C(=S)NCc1cc(O)c(C)c(O)c1)c1cc(O)c(O)c(Br)c1. The van der Waals surface area contributed by atoms with E-state index in [1.54, 1.807) is 31.2 Å². The summed E-state index contributed by atoms with van der Waals surface area (Å²) in [5.74, 6) is -0.379. The van der Waals surface area contributed by atoms with E-state index < -0.39 is 0 Å². The van der Waals surface area contributed by atoms with Gasteiger partial charge in [0.05, 0.1) is 9.46 Å². The highest BCUT2D eigenvalue weighted by Gasteiger charge is 2.09. The smallest absolute Gasteiger partial charge is 0.171 e. The highest BCUT2D eigenvalue weighted by molar-refractivity contribution is 9.10. The van der Waals surface area contributed by atoms with E-state index in [-0.39, 0.29) is 23.0 Å². The molecule has 25 heavy (non-hydrogen) atoms. The lowest BCUT2D eigenvalue weighted by Gasteiger charge is -2.10. The summed E-state index contributed by atoms with van der Waals surface area (Å²) in [4.78, 5) is 0.459. The fraction of sp³-hybridized carbons (Fsp3) is 0.167. The Morgan fingerprint density at radius 1 is 1.08 bits per heavy atom. The average Bonchev–Trinajstić information content (AvgIpc) is 2.54. The van der Waals surface area contributed by atoms with Crippen LogP contribution >= 0.6 is 28.1 Å². The van der Waals surface area contributed by atoms with E-state index in [4.69, 9.17) is 12.2 Å². The summed E-state index contributed by atoms with van der Waals surface area (Å²) in [5, 5.41) is 41.8. The zero-order valence-electron chi connectivity index (χ0n) is 13.7. The van der Waals surface area contributed by atoms with Gasteiger partial charge in [0.1, 0.15) is 11.5 Å². The molecule has 0 amide bonds. The van der Waals surface area contributed by atoms with Gasteiger partial charge in [0.15, 0.2) is 11.5 Å². The Labute approximate surface area is 159 Å². The molecule has 0 aromatic heterocycles. The summed E-state index contributed by atoms with van der Waals surface area (Å²) >= 11 is 8.46. The number of phenolic OH excluding ortho intramolecular Hbond substituents is 4. The van der Waals surface area contributed by atoms with Crippen molar-refractivity contribution in [2.45, 2.75) is 20.4 Å². The number of allylic oxidation sites excluding steroid dienone is 1. The third kappa shape index (κ3) is 4.64. The predicted octanol–water partition coefficient (Wildman–Crippen LogP) is 4.10. The molecule has 132 valence electrons. The van der Waals surface area contributed by atoms with Gasteiger partial charge in [-0.1, -0.05) is 12.2 Å². The molecule has 0 fully saturated rings. The van der Waals surface area contributed by atoms with Crippen LogP contribution < -0.4 is 5.32 Å². The van der Waals surface area contributed by atoms with E-state index in [2.05, 4.69) is 21.2 Å². The number of aromatic hydroxyl groups is 4. The van der Waals surface area contributed by atoms with Gasteiger partial charge < -0.3 is 25.7 Å². The molecule has 0 atom stereocenters. The van der Waals surface area contributed by atoms with Crippen LogP contribution in [0.15, 0.2) is 34.8 Å². The minimum absolute atomic E-state index is 0.0267. The predicted molar refractivity (Wildman–Crippen MR) is 105 cm³/mol. The molecule has 0 unspecified atom stereocenters. The second kappa shape index (κ2) is 7.76. The summed E-state index contributed by atoms with van der Waals surface area (Å²) in [7, 11) is 0. The van der Waals surface area contributed by atoms with Gasteiger partial charge in [-0.05, 0) is 76.8 Å². The first-order valence-corrected chi connectivity index (χ1v) is 8.58. The van der Waals surface area contributed by atoms with Crippen LogP contribution in [-0.2, 0) is 6.54 Å². The van der Waals surface area contributed by atoms with Crippen LogP contribution in [-0.4, -0.2) is 25.4 Å². The van der Waals surface area contributed by atoms with Crippen molar-refractivity contribution >= 4 is 38.7 Å². The highest BCUT2D eigenvalue weighted by Crippen LogP contribution is 2.36. The van der Waals surface area contributed by atoms with Gasteiger partial charge >= 0.3 is 0 Å². The van der Waals surface area contributed by atoms with Crippen molar-refractivity contribution in [1.29, 1.82) is 0 Å². The lowest BCUT2D eigenvalue weighted by atomic mass is 10.1. The molecule has 0 bridgehead atoms. The normalized spacial score (nSPS) is 11.4. The van der Waals surface area contributed by atoms with E-state index in [1.165, 1.54) is 6.07 Å². The number of nitrogens with one attached hydrogen (secondary N) is 1. The molecule has 0 saturated carbocycles. The van der Waals surface area contributed by atoms with Crippen LogP contribution in [0, 0.1) is 6.92 Å². The number of rotatable bonds is 4. The van der Waals surface area contributed by atoms with Crippen molar-refractivity contribution in [3.05, 3.63) is 51.5 Å². The van der Waals surface area contributed by atoms with E-state index in [1.807, 2.05) is 6.92 Å². The first kappa shape index (κ1) is 19.1. The Bertz CT molecular complexity index is 818. The maximum atomic E-state index is 9.73. The van der Waals surface area contributed by atoms with Crippen molar-refractivity contribution in [3.63, 3.8) is 0 Å². The van der Waals surface area contributed by atoms with Crippen molar-refractivity contribution in [3.8, 4) is 23.0 Å². The molecule has 0 heterocycles. The molecule has 2 rings (SSSR count). The van der Waals surface area contributed by atoms with Crippen molar-refractivity contribution in [2.75, 3.05) is 0 Å². The molecule has 0 aliphatic carbocycles. The number of hydrogen-bond acceptors (Lipinski definition) is 5. The molecule has 5 N–H and O–H groups in total. The zero-order chi connectivity index (χ0) is 18.7. The van der Waals surface area contributed by atoms with Crippen LogP contribution in [0.2, 0.25) is 0 Å². The Kier molecular flexibility index (Phi) is 5.92. The van der Waals surface area contributed by atoms with Gasteiger partial charge in [0, 0.05) is 12.1 Å². The maximum Gasteiger partial charge on any atom is 0.171 e. The number of hydrogen-bond donors (Lipinski definition) is 5. The summed E-state index contributed by atoms with van der Waals surface area (Å²) in [5.41, 5.74) is 2.62. The molecular formula is C18H18BrNO4S. The van der Waals surface area contributed by atoms with Gasteiger partial charge in [-0.3, -0.25) is 0 Å². The van der Waals surface area contributed by atoms with Gasteiger partial charge in [0.25, 0.3) is 0 Å². The zero-order valence-corrected chi connectivity index (χ0v) is 16.1. The lowest BCUT2D eigenvalue weighted by molar-refractivity contribution is 0.401. The lowest BCUT2D eigenvalue weighted by Crippen LogP contribution is -2.18. The minimum Gasteiger partial charge on any atom is -0.508 e. The molecule has 0 aliphatic rings. The van der Waals surface area contributed by atoms with Crippen molar-refractivity contribution < 1.29 is 20.4 Å². The molecule has 5 nitrogen and oxygen atoms in total. The number of thiocarbonyl (C=S) groups is 1. The first-order chi connectivity index (χ1) is 11.7. The second-order valence-electron chi connectivity index (χ2n) is 5.63. The van der Waals surface area contributed by atoms with Crippen LogP contribution in [0.1, 0.15) is 23.6 Å². The van der Waals surface area contributed by atoms with Gasteiger partial charge in [-0.25, -0.2) is 0 Å². The van der Waals surface area contributed by atoms with E-state index >= 15 is 0 Å². The fourth-order valence-electron chi connectivity index (χ4n) is 2.18. The van der Waals surface area contributed by atoms with Crippen molar-refractivity contribution in [1.82, 2.24) is 5.32 Å². The maximum absolute atomic E-state index is 9.73. The third-order valence-corrected chi connectivity index (χ3v) is 4.59. The molecule has 0 spiro atoms. The molecule has 2 aromatic carbocycles. The number of benzene rings is 2. The molecule has 0 saturated heterocycles. The van der Waals surface area contributed by atoms with E-state index in [0.29, 0.717) is 32.7 Å². The number of halogens is 1. The third-order valence-electron chi connectivity index (χ3n) is 3.73. The average molecular weight is 424 g/mol. The molecular weight excluding hydrogens is 406 g/mol. The van der Waals surface area contributed by atoms with Gasteiger partial charge in [0.2, 0.25) is 0 Å². The van der Waals surface area contributed by atoms with Crippen LogP contribution in [0.5, 0.6) is 23.0 Å². The highest BCUT2D eigenvalue weighted by atomic mass is 79.9. The summed E-state index contributed by atoms with van der Waals surface area (Å²) in [6, 6.07) is 6.26. The second-order valence-corrected chi connectivity index (χ2v) is 6.92. The van der Waals surface area contributed by atoms with Gasteiger partial charge in [-0.2, -0.15) is 0 Å². The quantitative estimate of drug-likeness (QED) is 0.288. The monoisotopic (exact) mass is 423 g/mol. The summed E-state index contributed by atoms with van der Waals surface area (Å²) < 4.78 is 0.389. The topological polar surface area (TPSA) is 93.0 Å². The molecule has 0 radical (unpaired) electrons. The van der Waals surface area contributed by atoms with E-state index in [9.17, 15) is 20.4 Å². The Balaban J connectivity index is 2.10. The largest absolute Gasteiger partial charge is 0.508 e. The minimum atomic E-state index is -0.221. The van der Waals surface area contributed by atoms with Crippen LogP contribution in [0.3, 0.4) is 0 Å². The summed E-state index contributed by atoms with van der Waals surface area (Å²) in [6.45, 7) is 3.80. The fourth-order valence-corrected chi connectivity index (χ4v) is 2.87. The molecule has 7 heteroatoms. The Morgan fingerprint density at radius 2 is 1.68 bits per heavy atom. The van der Waals surface area contributed by atoms with Crippen LogP contribution in [0.4, 0.5) is 0 Å². The van der Waals surface area contributed by atoms with E-state index in [0.717, 1.165) is 5.57 Å². The number of phenols is 4. The first-order valence-electron chi connectivity index (χ1n) is 7.38.